The Morgan fingerprint density at radius 3 is 2.76 bits per heavy atom. The van der Waals surface area contributed by atoms with E-state index >= 15 is 0 Å². The Morgan fingerprint density at radius 2 is 2.10 bits per heavy atom. The van der Waals surface area contributed by atoms with Gasteiger partial charge < -0.3 is 5.32 Å². The summed E-state index contributed by atoms with van der Waals surface area (Å²) in [4.78, 5) is 23.1. The lowest BCUT2D eigenvalue weighted by Gasteiger charge is -2.04. The zero-order chi connectivity index (χ0) is 15.4. The van der Waals surface area contributed by atoms with Gasteiger partial charge in [0.25, 0.3) is 0 Å². The Kier molecular flexibility index (Phi) is 4.72. The third-order valence-corrected chi connectivity index (χ3v) is 3.94. The molecule has 0 saturated carbocycles. The molecule has 1 aromatic carbocycles. The number of ketones is 1. The normalized spacial score (nSPS) is 10.8. The fourth-order valence-electron chi connectivity index (χ4n) is 1.75. The van der Waals surface area contributed by atoms with Crippen molar-refractivity contribution in [1.29, 1.82) is 0 Å². The van der Waals surface area contributed by atoms with Gasteiger partial charge in [0, 0.05) is 10.4 Å². The van der Waals surface area contributed by atoms with Crippen LogP contribution in [0.25, 0.3) is 0 Å². The molecule has 0 radical (unpaired) electrons. The molecule has 2 aromatic rings. The van der Waals surface area contributed by atoms with E-state index in [1.807, 2.05) is 6.92 Å². The molecular formula is C14H11ClN2O3S. The summed E-state index contributed by atoms with van der Waals surface area (Å²) in [6.45, 7) is 1.86. The van der Waals surface area contributed by atoms with Crippen LogP contribution in [0.15, 0.2) is 42.7 Å². The van der Waals surface area contributed by atoms with E-state index in [1.54, 1.807) is 30.3 Å². The number of anilines is 1. The number of nitrogens with one attached hydrogen (secondary N) is 1. The van der Waals surface area contributed by atoms with Crippen LogP contribution in [-0.4, -0.2) is 10.7 Å². The predicted octanol–water partition coefficient (Wildman–Crippen LogP) is 4.10. The van der Waals surface area contributed by atoms with Crippen molar-refractivity contribution in [3.63, 3.8) is 0 Å². The molecule has 0 atom stereocenters. The lowest BCUT2D eigenvalue weighted by atomic mass is 10.1. The van der Waals surface area contributed by atoms with E-state index in [0.717, 1.165) is 11.1 Å². The van der Waals surface area contributed by atoms with Gasteiger partial charge in [-0.15, -0.1) is 11.3 Å². The van der Waals surface area contributed by atoms with Crippen molar-refractivity contribution in [2.75, 3.05) is 5.32 Å². The van der Waals surface area contributed by atoms with Crippen molar-refractivity contribution in [1.82, 2.24) is 0 Å². The third kappa shape index (κ3) is 3.68. The second-order valence-corrected chi connectivity index (χ2v) is 5.82. The van der Waals surface area contributed by atoms with Crippen LogP contribution in [-0.2, 0) is 0 Å². The predicted molar refractivity (Wildman–Crippen MR) is 83.7 cm³/mol. The zero-order valence-electron chi connectivity index (χ0n) is 11.0. The Labute approximate surface area is 130 Å². The van der Waals surface area contributed by atoms with E-state index in [0.29, 0.717) is 21.2 Å². The molecule has 0 bridgehead atoms. The van der Waals surface area contributed by atoms with Crippen LogP contribution in [0.4, 0.5) is 5.00 Å². The number of hydrogen-bond acceptors (Lipinski definition) is 5. The molecule has 7 heteroatoms. The van der Waals surface area contributed by atoms with Gasteiger partial charge in [0.2, 0.25) is 6.20 Å². The van der Waals surface area contributed by atoms with Gasteiger partial charge in [0.1, 0.15) is 5.00 Å². The molecule has 0 saturated heterocycles. The highest BCUT2D eigenvalue weighted by molar-refractivity contribution is 7.16. The summed E-state index contributed by atoms with van der Waals surface area (Å²) in [5, 5.41) is 14.0. The topological polar surface area (TPSA) is 72.2 Å². The minimum Gasteiger partial charge on any atom is -0.348 e. The zero-order valence-corrected chi connectivity index (χ0v) is 12.6. The van der Waals surface area contributed by atoms with Crippen LogP contribution in [0.3, 0.4) is 0 Å². The highest BCUT2D eigenvalue weighted by atomic mass is 35.5. The second kappa shape index (κ2) is 6.51. The Balaban J connectivity index is 2.34. The van der Waals surface area contributed by atoms with Crippen molar-refractivity contribution < 1.29 is 9.72 Å². The van der Waals surface area contributed by atoms with Gasteiger partial charge in [-0.2, -0.15) is 0 Å². The first-order valence-corrected chi connectivity index (χ1v) is 7.15. The lowest BCUT2D eigenvalue weighted by molar-refractivity contribution is -0.402. The van der Waals surface area contributed by atoms with Gasteiger partial charge in [0.05, 0.1) is 21.7 Å². The summed E-state index contributed by atoms with van der Waals surface area (Å²) in [6, 6.07) is 8.51. The van der Waals surface area contributed by atoms with E-state index < -0.39 is 4.92 Å². The summed E-state index contributed by atoms with van der Waals surface area (Å²) in [6.07, 6.45) is 1.97. The van der Waals surface area contributed by atoms with Crippen LogP contribution < -0.4 is 5.32 Å². The quantitative estimate of drug-likeness (QED) is 0.511. The number of hydrogen-bond donors (Lipinski definition) is 1. The first-order valence-electron chi connectivity index (χ1n) is 5.95. The number of benzene rings is 1. The highest BCUT2D eigenvalue weighted by Crippen LogP contribution is 2.31. The number of carbonyl (C=O) groups is 1. The van der Waals surface area contributed by atoms with Gasteiger partial charge in [0.15, 0.2) is 5.78 Å². The van der Waals surface area contributed by atoms with Crippen molar-refractivity contribution in [2.45, 2.75) is 6.92 Å². The molecule has 0 unspecified atom stereocenters. The first kappa shape index (κ1) is 15.2. The Hall–Kier alpha value is -2.18. The smallest absolute Gasteiger partial charge is 0.250 e. The maximum atomic E-state index is 12.5. The number of rotatable bonds is 5. The van der Waals surface area contributed by atoms with Gasteiger partial charge in [-0.25, -0.2) is 0 Å². The van der Waals surface area contributed by atoms with Crippen molar-refractivity contribution in [2.24, 2.45) is 0 Å². The van der Waals surface area contributed by atoms with Gasteiger partial charge in [-0.1, -0.05) is 23.7 Å². The fourth-order valence-corrected chi connectivity index (χ4v) is 2.86. The maximum absolute atomic E-state index is 12.5. The first-order chi connectivity index (χ1) is 9.99. The molecule has 0 aliphatic carbocycles. The van der Waals surface area contributed by atoms with E-state index in [4.69, 9.17) is 11.6 Å². The highest BCUT2D eigenvalue weighted by Gasteiger charge is 2.18. The fraction of sp³-hybridized carbons (Fsp3) is 0.0714. The van der Waals surface area contributed by atoms with Gasteiger partial charge >= 0.3 is 0 Å². The summed E-state index contributed by atoms with van der Waals surface area (Å²) < 4.78 is 0. The van der Waals surface area contributed by atoms with Gasteiger partial charge in [-0.3, -0.25) is 14.9 Å². The average Bonchev–Trinajstić information content (AvgIpc) is 2.79. The van der Waals surface area contributed by atoms with Crippen LogP contribution in [0.2, 0.25) is 5.02 Å². The number of carbonyl (C=O) groups excluding carboxylic acids is 1. The monoisotopic (exact) mass is 322 g/mol. The second-order valence-electron chi connectivity index (χ2n) is 4.15. The number of thiophene rings is 1. The summed E-state index contributed by atoms with van der Waals surface area (Å²) in [5.41, 5.74) is 0.844. The van der Waals surface area contributed by atoms with Gasteiger partial charge in [-0.05, 0) is 25.1 Å². The van der Waals surface area contributed by atoms with Crippen molar-refractivity contribution >= 4 is 33.7 Å². The molecule has 21 heavy (non-hydrogen) atoms. The molecule has 5 nitrogen and oxygen atoms in total. The lowest BCUT2D eigenvalue weighted by Crippen LogP contribution is -2.03. The van der Waals surface area contributed by atoms with Crippen LogP contribution in [0.5, 0.6) is 0 Å². The molecular weight excluding hydrogens is 312 g/mol. The van der Waals surface area contributed by atoms with E-state index in [9.17, 15) is 14.9 Å². The average molecular weight is 323 g/mol. The van der Waals surface area contributed by atoms with Crippen molar-refractivity contribution in [3.05, 3.63) is 73.9 Å². The standard InChI is InChI=1S/C14H11ClN2O3S/c1-9-8-11(14(21-9)16-6-7-17(19)20)13(18)10-4-2-3-5-12(10)15/h2-8,16H,1H3/b7-6+. The number of halogens is 1. The molecule has 0 fully saturated rings. The van der Waals surface area contributed by atoms with Crippen LogP contribution in [0.1, 0.15) is 20.8 Å². The molecule has 0 spiro atoms. The summed E-state index contributed by atoms with van der Waals surface area (Å²) >= 11 is 7.38. The molecule has 1 aromatic heterocycles. The SMILES string of the molecule is Cc1cc(C(=O)c2ccccc2Cl)c(N/C=C/[N+](=O)[O-])s1. The summed E-state index contributed by atoms with van der Waals surface area (Å²) in [7, 11) is 0. The van der Waals surface area contributed by atoms with E-state index in [2.05, 4.69) is 5.32 Å². The number of aryl methyl sites for hydroxylation is 1. The molecule has 0 amide bonds. The van der Waals surface area contributed by atoms with Crippen molar-refractivity contribution in [3.8, 4) is 0 Å². The summed E-state index contributed by atoms with van der Waals surface area (Å²) in [5.74, 6) is -0.220. The minimum absolute atomic E-state index is 0.220. The Morgan fingerprint density at radius 1 is 1.38 bits per heavy atom. The maximum Gasteiger partial charge on any atom is 0.250 e. The number of nitrogens with zero attached hydrogens (tertiary/aromatic N) is 1. The van der Waals surface area contributed by atoms with E-state index in [-0.39, 0.29) is 5.78 Å². The minimum atomic E-state index is -0.580. The molecule has 0 aliphatic rings. The third-order valence-electron chi connectivity index (χ3n) is 2.63. The molecule has 1 heterocycles. The largest absolute Gasteiger partial charge is 0.348 e. The van der Waals surface area contributed by atoms with E-state index in [1.165, 1.54) is 17.5 Å². The Bertz CT molecular complexity index is 725. The molecule has 0 aliphatic heterocycles. The number of nitro groups is 1. The molecule has 108 valence electrons. The molecule has 2 rings (SSSR count). The molecule has 1 N–H and O–H groups in total. The van der Waals surface area contributed by atoms with Crippen LogP contribution in [0, 0.1) is 17.0 Å². The van der Waals surface area contributed by atoms with Crippen LogP contribution >= 0.6 is 22.9 Å².